The van der Waals surface area contributed by atoms with Crippen molar-refractivity contribution in [3.63, 3.8) is 0 Å². The topological polar surface area (TPSA) is 150 Å². The first-order chi connectivity index (χ1) is 26.9. The number of hydrogen-bond acceptors (Lipinski definition) is 11. The second kappa shape index (κ2) is 20.2. The van der Waals surface area contributed by atoms with E-state index in [0.29, 0.717) is 49.1 Å². The molecule has 6 rings (SSSR count). The molecule has 5 aromatic rings. The molecule has 1 amide bonds. The number of amides is 1. The van der Waals surface area contributed by atoms with Crippen LogP contribution in [0.3, 0.4) is 0 Å². The number of nitrogens with zero attached hydrogens (tertiary/aromatic N) is 3. The van der Waals surface area contributed by atoms with E-state index in [1.54, 1.807) is 25.3 Å². The molecule has 1 aliphatic rings. The van der Waals surface area contributed by atoms with Crippen LogP contribution >= 0.6 is 38.5 Å². The minimum Gasteiger partial charge on any atom is -0.493 e. The molecule has 0 radical (unpaired) electrons. The highest BCUT2D eigenvalue weighted by Gasteiger charge is 2.22. The maximum atomic E-state index is 14.3. The number of fused-ring (bicyclic) bond motifs is 1. The van der Waals surface area contributed by atoms with Gasteiger partial charge in [-0.1, -0.05) is 15.9 Å². The molecule has 0 unspecified atom stereocenters. The van der Waals surface area contributed by atoms with Crippen molar-refractivity contribution in [2.45, 2.75) is 18.9 Å². The first-order valence-corrected chi connectivity index (χ1v) is 19.0. The van der Waals surface area contributed by atoms with Crippen molar-refractivity contribution >= 4 is 78.2 Å². The van der Waals surface area contributed by atoms with Gasteiger partial charge in [-0.15, -0.1) is 0 Å². The minimum absolute atomic E-state index is 0.152. The van der Waals surface area contributed by atoms with E-state index < -0.39 is 48.4 Å². The van der Waals surface area contributed by atoms with E-state index in [-0.39, 0.29) is 17.1 Å². The predicted molar refractivity (Wildman–Crippen MR) is 214 cm³/mol. The Labute approximate surface area is 341 Å². The van der Waals surface area contributed by atoms with Crippen molar-refractivity contribution in [3.8, 4) is 11.5 Å². The second-order valence-corrected chi connectivity index (χ2v) is 14.8. The van der Waals surface area contributed by atoms with Crippen LogP contribution in [-0.2, 0) is 4.84 Å². The molecule has 1 aromatic heterocycles. The number of aliphatic hydroxyl groups excluding tert-OH is 2. The lowest BCUT2D eigenvalue weighted by Gasteiger charge is -2.28. The standard InChI is InChI=1S/C22H24BrFN4O2.C16H14F3IN2O4/c1-28-7-5-14(6-8-28)12-30-21-11-19-16(10-20(21)29-2)22(26-13-25-19)27-18-4-3-15(23)9-17(18)24;17-11-3-2-10(16(25)22-26-7-9(24)6-23)15(14(11)19)21-13-4-1-8(20)5-12(13)18/h3-4,9-11,13-14H,5-8,12H2,1-2H3,(H,25,26,27);1-5,9,21,23-24H,6-7H2,(H,22,25)/t;9-/m.1/s1. The number of anilines is 4. The smallest absolute Gasteiger partial charge is 0.277 e. The summed E-state index contributed by atoms with van der Waals surface area (Å²) in [4.78, 5) is 27.8. The first kappa shape index (κ1) is 42.8. The van der Waals surface area contributed by atoms with E-state index in [9.17, 15) is 22.4 Å². The third-order valence-corrected chi connectivity index (χ3v) is 9.76. The molecule has 5 N–H and O–H groups in total. The fourth-order valence-corrected chi connectivity index (χ4v) is 6.28. The molecule has 56 heavy (non-hydrogen) atoms. The Kier molecular flexibility index (Phi) is 15.4. The van der Waals surface area contributed by atoms with E-state index in [1.807, 2.05) is 40.2 Å². The van der Waals surface area contributed by atoms with Crippen molar-refractivity contribution in [3.05, 3.63) is 104 Å². The Hall–Kier alpha value is -4.34. The first-order valence-electron chi connectivity index (χ1n) is 17.1. The van der Waals surface area contributed by atoms with Gasteiger partial charge in [0, 0.05) is 19.5 Å². The molecule has 0 saturated carbocycles. The van der Waals surface area contributed by atoms with Crippen molar-refractivity contribution < 1.29 is 46.9 Å². The van der Waals surface area contributed by atoms with Gasteiger partial charge in [0.2, 0.25) is 0 Å². The monoisotopic (exact) mass is 956 g/mol. The summed E-state index contributed by atoms with van der Waals surface area (Å²) in [5.74, 6) is -2.35. The Bertz CT molecular complexity index is 2150. The van der Waals surface area contributed by atoms with Crippen molar-refractivity contribution in [1.82, 2.24) is 20.3 Å². The lowest BCUT2D eigenvalue weighted by molar-refractivity contribution is -0.0295. The van der Waals surface area contributed by atoms with Crippen LogP contribution in [0, 0.1) is 32.8 Å². The summed E-state index contributed by atoms with van der Waals surface area (Å²) in [6.45, 7) is 1.84. The average Bonchev–Trinajstić information content (AvgIpc) is 3.18. The van der Waals surface area contributed by atoms with Gasteiger partial charge in [0.15, 0.2) is 23.1 Å². The average molecular weight is 958 g/mol. The number of aromatic nitrogens is 2. The number of aliphatic hydroxyl groups is 2. The zero-order chi connectivity index (χ0) is 40.4. The van der Waals surface area contributed by atoms with E-state index in [1.165, 1.54) is 24.5 Å². The van der Waals surface area contributed by atoms with Crippen molar-refractivity contribution in [1.29, 1.82) is 0 Å². The van der Waals surface area contributed by atoms with Gasteiger partial charge in [0.25, 0.3) is 5.91 Å². The highest BCUT2D eigenvalue weighted by atomic mass is 127. The summed E-state index contributed by atoms with van der Waals surface area (Å²) >= 11 is 5.15. The highest BCUT2D eigenvalue weighted by molar-refractivity contribution is 14.1. The van der Waals surface area contributed by atoms with Gasteiger partial charge in [-0.05, 0) is 116 Å². The van der Waals surface area contributed by atoms with E-state index in [2.05, 4.69) is 53.3 Å². The normalized spacial score (nSPS) is 13.8. The number of benzene rings is 4. The summed E-state index contributed by atoms with van der Waals surface area (Å²) in [7, 11) is 3.75. The number of methoxy groups -OCH3 is 1. The fourth-order valence-electron chi connectivity index (χ4n) is 5.49. The Morgan fingerprint density at radius 1 is 0.964 bits per heavy atom. The van der Waals surface area contributed by atoms with Crippen LogP contribution in [-0.4, -0.2) is 84.2 Å². The van der Waals surface area contributed by atoms with Crippen molar-refractivity contribution in [2.24, 2.45) is 5.92 Å². The number of likely N-dealkylation sites (tertiary alicyclic amines) is 1. The zero-order valence-electron chi connectivity index (χ0n) is 30.1. The van der Waals surface area contributed by atoms with Gasteiger partial charge in [0.1, 0.15) is 36.5 Å². The number of hydrogen-bond donors (Lipinski definition) is 5. The van der Waals surface area contributed by atoms with E-state index in [4.69, 9.17) is 19.7 Å². The minimum atomic E-state index is -1.37. The molecular formula is C38H38BrF4IN6O6. The summed E-state index contributed by atoms with van der Waals surface area (Å²) in [6, 6.07) is 14.3. The van der Waals surface area contributed by atoms with Crippen LogP contribution in [0.15, 0.2) is 71.5 Å². The van der Waals surface area contributed by atoms with Gasteiger partial charge in [-0.3, -0.25) is 9.63 Å². The molecule has 18 heteroatoms. The maximum absolute atomic E-state index is 14.3. The van der Waals surface area contributed by atoms with Crippen LogP contribution in [0.1, 0.15) is 23.2 Å². The molecule has 12 nitrogen and oxygen atoms in total. The molecule has 1 fully saturated rings. The SMILES string of the molecule is COc1cc2c(Nc3ccc(Br)cc3F)ncnc2cc1OCC1CCN(C)CC1.O=C(NOC[C@H](O)CO)c1ccc(F)c(F)c1Nc1ccc(I)cc1F. The fraction of sp³-hybridized carbons (Fsp3) is 0.289. The van der Waals surface area contributed by atoms with Crippen LogP contribution in [0.25, 0.3) is 10.9 Å². The molecule has 4 aromatic carbocycles. The van der Waals surface area contributed by atoms with E-state index >= 15 is 0 Å². The molecular weight excluding hydrogens is 919 g/mol. The number of ether oxygens (including phenoxy) is 2. The van der Waals surface area contributed by atoms with Crippen LogP contribution in [0.2, 0.25) is 0 Å². The second-order valence-electron chi connectivity index (χ2n) is 12.7. The van der Waals surface area contributed by atoms with Crippen LogP contribution < -0.4 is 25.6 Å². The third-order valence-electron chi connectivity index (χ3n) is 8.60. The van der Waals surface area contributed by atoms with Crippen LogP contribution in [0.4, 0.5) is 40.4 Å². The van der Waals surface area contributed by atoms with Gasteiger partial charge in [-0.25, -0.2) is 33.0 Å². The van der Waals surface area contributed by atoms with E-state index in [0.717, 1.165) is 43.5 Å². The molecule has 298 valence electrons. The maximum Gasteiger partial charge on any atom is 0.277 e. The number of rotatable bonds is 13. The van der Waals surface area contributed by atoms with Gasteiger partial charge >= 0.3 is 0 Å². The summed E-state index contributed by atoms with van der Waals surface area (Å²) in [6.07, 6.45) is 2.48. The Morgan fingerprint density at radius 2 is 1.68 bits per heavy atom. The number of carbonyl (C=O) groups is 1. The number of carbonyl (C=O) groups excluding carboxylic acids is 1. The number of hydroxylamine groups is 1. The molecule has 0 aliphatic carbocycles. The van der Waals surface area contributed by atoms with Gasteiger partial charge < -0.3 is 35.2 Å². The summed E-state index contributed by atoms with van der Waals surface area (Å²) < 4.78 is 68.9. The van der Waals surface area contributed by atoms with Crippen LogP contribution in [0.5, 0.6) is 11.5 Å². The van der Waals surface area contributed by atoms with Gasteiger partial charge in [-0.2, -0.15) is 0 Å². The number of halogens is 6. The Balaban J connectivity index is 0.000000217. The lowest BCUT2D eigenvalue weighted by Crippen LogP contribution is -2.32. The lowest BCUT2D eigenvalue weighted by atomic mass is 9.98. The predicted octanol–water partition coefficient (Wildman–Crippen LogP) is 7.47. The molecule has 1 atom stereocenters. The number of piperidine rings is 1. The molecule has 0 bridgehead atoms. The zero-order valence-corrected chi connectivity index (χ0v) is 33.8. The third kappa shape index (κ3) is 11.4. The quantitative estimate of drug-likeness (QED) is 0.0455. The van der Waals surface area contributed by atoms with Gasteiger partial charge in [0.05, 0.1) is 48.5 Å². The summed E-state index contributed by atoms with van der Waals surface area (Å²) in [5.41, 5.74) is 1.88. The molecule has 2 heterocycles. The highest BCUT2D eigenvalue weighted by Crippen LogP contribution is 2.36. The van der Waals surface area contributed by atoms with Crippen molar-refractivity contribution in [2.75, 3.05) is 57.7 Å². The number of nitrogens with one attached hydrogen (secondary N) is 3. The largest absolute Gasteiger partial charge is 0.493 e. The Morgan fingerprint density at radius 3 is 2.38 bits per heavy atom. The molecule has 1 aliphatic heterocycles. The molecule has 1 saturated heterocycles. The summed E-state index contributed by atoms with van der Waals surface area (Å²) in [5, 5.41) is 23.9. The molecule has 0 spiro atoms.